The first-order chi connectivity index (χ1) is 12.3. The van der Waals surface area contributed by atoms with E-state index in [1.165, 1.54) is 38.5 Å². The minimum atomic E-state index is 0.379. The summed E-state index contributed by atoms with van der Waals surface area (Å²) in [6.45, 7) is 19.9. The Morgan fingerprint density at radius 3 is 1.04 bits per heavy atom. The van der Waals surface area contributed by atoms with Crippen LogP contribution < -0.4 is 0 Å². The van der Waals surface area contributed by atoms with Crippen LogP contribution in [0.25, 0.3) is 0 Å². The topological polar surface area (TPSA) is 6.48 Å². The molecule has 7 heteroatoms. The molecule has 0 spiro atoms. The van der Waals surface area contributed by atoms with Crippen molar-refractivity contribution in [2.75, 3.05) is 0 Å². The summed E-state index contributed by atoms with van der Waals surface area (Å²) in [5.74, 6) is 4.50. The van der Waals surface area contributed by atoms with Gasteiger partial charge in [-0.25, -0.2) is 0 Å². The van der Waals surface area contributed by atoms with Crippen LogP contribution in [0, 0.1) is 0 Å². The van der Waals surface area contributed by atoms with Gasteiger partial charge in [0.15, 0.2) is 0 Å². The normalized spacial score (nSPS) is 31.3. The fraction of sp³-hybridized carbons (Fsp3) is 1.00. The average molecular weight is 469 g/mol. The van der Waals surface area contributed by atoms with E-state index in [4.69, 9.17) is 0 Å². The van der Waals surface area contributed by atoms with Crippen LogP contribution in [0.3, 0.4) is 0 Å². The molecule has 0 amide bonds. The zero-order valence-electron chi connectivity index (χ0n) is 19.8. The third-order valence-electron chi connectivity index (χ3n) is 6.91. The molecule has 0 saturated carbocycles. The van der Waals surface area contributed by atoms with Crippen LogP contribution in [-0.2, 0) is 0 Å². The van der Waals surface area contributed by atoms with E-state index in [2.05, 4.69) is 76.5 Å². The van der Waals surface area contributed by atoms with Crippen LogP contribution in [-0.4, -0.2) is 59.8 Å². The van der Waals surface area contributed by atoms with E-state index in [1.54, 1.807) is 0 Å². The van der Waals surface area contributed by atoms with Crippen molar-refractivity contribution >= 4 is 44.7 Å². The summed E-state index contributed by atoms with van der Waals surface area (Å²) < 4.78 is 0. The van der Waals surface area contributed by atoms with Crippen LogP contribution in [0.15, 0.2) is 0 Å². The Balaban J connectivity index is 0.000000817. The molecule has 2 nitrogen and oxygen atoms in total. The van der Waals surface area contributed by atoms with Gasteiger partial charge in [-0.3, -0.25) is 0 Å². The first-order valence-corrected chi connectivity index (χ1v) is 17.5. The molecule has 27 heavy (non-hydrogen) atoms. The predicted octanol–water partition coefficient (Wildman–Crippen LogP) is 6.20. The molecule has 3 saturated heterocycles. The van der Waals surface area contributed by atoms with Gasteiger partial charge in [-0.15, -0.1) is 16.7 Å². The van der Waals surface area contributed by atoms with Gasteiger partial charge in [0.05, 0.1) is 0 Å². The number of hydrogen-bond donors (Lipinski definition) is 0. The molecule has 0 aromatic carbocycles. The monoisotopic (exact) mass is 470 g/mol. The summed E-state index contributed by atoms with van der Waals surface area (Å²) in [4.78, 5) is 5.86. The quantitative estimate of drug-likeness (QED) is 0.352. The van der Waals surface area contributed by atoms with Crippen LogP contribution in [0.5, 0.6) is 0 Å². The van der Waals surface area contributed by atoms with Crippen molar-refractivity contribution in [3.8, 4) is 0 Å². The van der Waals surface area contributed by atoms with Gasteiger partial charge in [0.1, 0.15) is 0 Å². The van der Waals surface area contributed by atoms with Gasteiger partial charge in [0, 0.05) is 22.2 Å². The predicted molar refractivity (Wildman–Crippen MR) is 133 cm³/mol. The van der Waals surface area contributed by atoms with Gasteiger partial charge >= 0.3 is 26.9 Å². The van der Waals surface area contributed by atoms with Crippen molar-refractivity contribution in [2.45, 2.75) is 128 Å². The van der Waals surface area contributed by atoms with E-state index in [0.29, 0.717) is 37.6 Å². The van der Waals surface area contributed by atoms with Crippen LogP contribution in [0.1, 0.15) is 93.9 Å². The van der Waals surface area contributed by atoms with E-state index >= 15 is 0 Å². The second-order valence-electron chi connectivity index (χ2n) is 11.3. The summed E-state index contributed by atoms with van der Waals surface area (Å²) in [6.07, 6.45) is 9.94. The fourth-order valence-electron chi connectivity index (χ4n) is 6.02. The van der Waals surface area contributed by atoms with Gasteiger partial charge < -0.3 is 9.62 Å². The molecule has 3 fully saturated rings. The minimum absolute atomic E-state index is 0.379. The van der Waals surface area contributed by atoms with E-state index in [0.717, 1.165) is 29.2 Å². The van der Waals surface area contributed by atoms with Crippen LogP contribution >= 0.6 is 16.7 Å². The van der Waals surface area contributed by atoms with Gasteiger partial charge in [-0.2, -0.15) is 0 Å². The second-order valence-corrected chi connectivity index (χ2v) is 17.4. The van der Waals surface area contributed by atoms with Crippen molar-refractivity contribution in [1.82, 2.24) is 9.62 Å². The molecule has 0 aromatic heterocycles. The molecular weight excluding hydrogens is 424 g/mol. The molecule has 0 atom stereocenters. The molecule has 3 aliphatic rings. The van der Waals surface area contributed by atoms with Crippen molar-refractivity contribution in [1.29, 1.82) is 0 Å². The third kappa shape index (κ3) is 5.39. The molecule has 0 N–H and O–H groups in total. The average Bonchev–Trinajstić information content (AvgIpc) is 2.41. The molecule has 3 heterocycles. The molecule has 154 valence electrons. The molecule has 0 bridgehead atoms. The molecule has 0 aliphatic carbocycles. The van der Waals surface area contributed by atoms with Gasteiger partial charge in [-0.1, -0.05) is 0 Å². The van der Waals surface area contributed by atoms with E-state index in [1.807, 2.05) is 0 Å². The summed E-state index contributed by atoms with van der Waals surface area (Å²) in [7, 11) is 2.19. The molecule has 3 aliphatic heterocycles. The SMILES string of the molecule is CC1(C)CCCC(C)(C)N1B1PB(N2C(C)(C)CCCC2(C)C)P1.[CH3][Ge][CH3]. The summed E-state index contributed by atoms with van der Waals surface area (Å²) in [6, 6.07) is 0. The Kier molecular flexibility index (Phi) is 8.15. The summed E-state index contributed by atoms with van der Waals surface area (Å²) in [5.41, 5.74) is 1.52. The summed E-state index contributed by atoms with van der Waals surface area (Å²) in [5, 5.41) is 0. The molecule has 3 rings (SSSR count). The Morgan fingerprint density at radius 1 is 0.593 bits per heavy atom. The van der Waals surface area contributed by atoms with Crippen molar-refractivity contribution in [2.24, 2.45) is 0 Å². The summed E-state index contributed by atoms with van der Waals surface area (Å²) >= 11 is 0.500. The standard InChI is InChI=1S/C18H38B2N2P2.C2H6Ge/c1-15(2)11-9-12-16(3,4)21(15)19-23-20(24-19)22-17(5,6)13-10-14-18(22,7)8;1-3-2/h23-24H,9-14H2,1-8H3;1-2H3. The Bertz CT molecular complexity index is 434. The zero-order chi connectivity index (χ0) is 20.7. The zero-order valence-corrected chi connectivity index (χ0v) is 23.9. The van der Waals surface area contributed by atoms with E-state index in [-0.39, 0.29) is 0 Å². The Morgan fingerprint density at radius 2 is 0.815 bits per heavy atom. The van der Waals surface area contributed by atoms with Gasteiger partial charge in [0.2, 0.25) is 0 Å². The molecule has 2 radical (unpaired) electrons. The van der Waals surface area contributed by atoms with Crippen molar-refractivity contribution in [3.05, 3.63) is 0 Å². The fourth-order valence-corrected chi connectivity index (χ4v) is 11.4. The molecule has 0 unspecified atom stereocenters. The third-order valence-corrected chi connectivity index (χ3v) is 11.2. The Hall–Kier alpha value is 1.45. The number of piperidine rings is 2. The number of rotatable bonds is 2. The molecular formula is C20H44B2GeN2P2. The van der Waals surface area contributed by atoms with Crippen molar-refractivity contribution in [3.63, 3.8) is 0 Å². The first-order valence-electron chi connectivity index (χ1n) is 11.0. The molecule has 0 aromatic rings. The van der Waals surface area contributed by atoms with E-state index < -0.39 is 0 Å². The number of hydrogen-bond acceptors (Lipinski definition) is 2. The number of nitrogens with zero attached hydrogens (tertiary/aromatic N) is 2. The van der Waals surface area contributed by atoms with Gasteiger partial charge in [-0.05, 0) is 93.9 Å². The van der Waals surface area contributed by atoms with E-state index in [9.17, 15) is 0 Å². The Labute approximate surface area is 181 Å². The first kappa shape index (κ1) is 24.7. The van der Waals surface area contributed by atoms with Crippen molar-refractivity contribution < 1.29 is 0 Å². The maximum absolute atomic E-state index is 2.93. The van der Waals surface area contributed by atoms with Crippen LogP contribution in [0.4, 0.5) is 0 Å². The van der Waals surface area contributed by atoms with Gasteiger partial charge in [0.25, 0.3) is 12.6 Å². The maximum atomic E-state index is 2.93. The van der Waals surface area contributed by atoms with Crippen LogP contribution in [0.2, 0.25) is 11.5 Å². The second kappa shape index (κ2) is 8.90.